The Bertz CT molecular complexity index is 556. The van der Waals surface area contributed by atoms with Crippen LogP contribution in [-0.2, 0) is 13.2 Å². The summed E-state index contributed by atoms with van der Waals surface area (Å²) in [5.74, 6) is 1.77. The summed E-state index contributed by atoms with van der Waals surface area (Å²) in [7, 11) is 0. The molecule has 3 heteroatoms. The van der Waals surface area contributed by atoms with Gasteiger partial charge in [-0.2, -0.15) is 0 Å². The number of nitrogens with zero attached hydrogens (tertiary/aromatic N) is 1. The summed E-state index contributed by atoms with van der Waals surface area (Å²) in [4.78, 5) is 4.10. The molecule has 3 rings (SSSR count). The van der Waals surface area contributed by atoms with Gasteiger partial charge >= 0.3 is 0 Å². The van der Waals surface area contributed by atoms with E-state index < -0.39 is 0 Å². The minimum atomic E-state index is 0.560. The molecule has 2 aromatic rings. The van der Waals surface area contributed by atoms with Gasteiger partial charge < -0.3 is 10.1 Å². The number of hydrogen-bond acceptors (Lipinski definition) is 3. The maximum atomic E-state index is 5.92. The van der Waals surface area contributed by atoms with Crippen molar-refractivity contribution >= 4 is 0 Å². The van der Waals surface area contributed by atoms with Gasteiger partial charge in [0.25, 0.3) is 0 Å². The molecule has 0 saturated heterocycles. The molecule has 1 heterocycles. The van der Waals surface area contributed by atoms with Crippen LogP contribution in [0.5, 0.6) is 5.75 Å². The fraction of sp³-hybridized carbons (Fsp3) is 0.353. The van der Waals surface area contributed by atoms with Crippen molar-refractivity contribution in [3.05, 3.63) is 59.9 Å². The summed E-state index contributed by atoms with van der Waals surface area (Å²) in [6.07, 6.45) is 4.91. The summed E-state index contributed by atoms with van der Waals surface area (Å²) >= 11 is 0. The van der Waals surface area contributed by atoms with Crippen LogP contribution in [0.4, 0.5) is 0 Å². The molecule has 20 heavy (non-hydrogen) atoms. The second-order valence-corrected chi connectivity index (χ2v) is 5.46. The lowest BCUT2D eigenvalue weighted by molar-refractivity contribution is 0.301. The molecule has 1 aliphatic carbocycles. The Morgan fingerprint density at radius 1 is 1.25 bits per heavy atom. The van der Waals surface area contributed by atoms with Crippen LogP contribution in [0.1, 0.15) is 24.5 Å². The van der Waals surface area contributed by atoms with E-state index in [4.69, 9.17) is 4.74 Å². The van der Waals surface area contributed by atoms with Crippen molar-refractivity contribution in [2.75, 3.05) is 0 Å². The zero-order chi connectivity index (χ0) is 13.8. The number of para-hydroxylation sites is 1. The van der Waals surface area contributed by atoms with E-state index in [1.165, 1.54) is 12.0 Å². The monoisotopic (exact) mass is 268 g/mol. The molecule has 3 nitrogen and oxygen atoms in total. The summed E-state index contributed by atoms with van der Waals surface area (Å²) in [6, 6.07) is 12.9. The van der Waals surface area contributed by atoms with E-state index in [1.54, 1.807) is 6.20 Å². The lowest BCUT2D eigenvalue weighted by atomic mass is 10.2. The fourth-order valence-electron chi connectivity index (χ4n) is 2.28. The minimum Gasteiger partial charge on any atom is -0.489 e. The molecular formula is C17H20N2O. The summed E-state index contributed by atoms with van der Waals surface area (Å²) in [5.41, 5.74) is 2.31. The van der Waals surface area contributed by atoms with Crippen LogP contribution in [0.3, 0.4) is 0 Å². The average molecular weight is 268 g/mol. The first-order valence-corrected chi connectivity index (χ1v) is 7.16. The Kier molecular flexibility index (Phi) is 3.97. The summed E-state index contributed by atoms with van der Waals surface area (Å²) < 4.78 is 5.92. The standard InChI is InChI=1S/C17H20N2O/c1-13-9-16(13)19-11-15-6-2-3-7-17(15)20-12-14-5-4-8-18-10-14/h2-8,10,13,16,19H,9,11-12H2,1H3/t13-,16-/m0/s1. The average Bonchev–Trinajstić information content (AvgIpc) is 3.20. The molecule has 1 fully saturated rings. The van der Waals surface area contributed by atoms with Crippen molar-refractivity contribution in [3.63, 3.8) is 0 Å². The molecule has 1 aromatic carbocycles. The first-order valence-electron chi connectivity index (χ1n) is 7.16. The largest absolute Gasteiger partial charge is 0.489 e. The third kappa shape index (κ3) is 3.36. The van der Waals surface area contributed by atoms with Gasteiger partial charge in [-0.1, -0.05) is 31.2 Å². The van der Waals surface area contributed by atoms with Crippen molar-refractivity contribution in [1.29, 1.82) is 0 Å². The van der Waals surface area contributed by atoms with Gasteiger partial charge in [0.15, 0.2) is 0 Å². The van der Waals surface area contributed by atoms with E-state index in [9.17, 15) is 0 Å². The third-order valence-corrected chi connectivity index (χ3v) is 3.75. The Morgan fingerprint density at radius 2 is 2.10 bits per heavy atom. The highest BCUT2D eigenvalue weighted by Gasteiger charge is 2.31. The van der Waals surface area contributed by atoms with Crippen molar-refractivity contribution in [2.45, 2.75) is 32.5 Å². The van der Waals surface area contributed by atoms with Gasteiger partial charge in [-0.3, -0.25) is 4.98 Å². The molecule has 1 aromatic heterocycles. The molecule has 0 unspecified atom stereocenters. The number of rotatable bonds is 6. The highest BCUT2D eigenvalue weighted by Crippen LogP contribution is 2.30. The fourth-order valence-corrected chi connectivity index (χ4v) is 2.28. The van der Waals surface area contributed by atoms with Crippen LogP contribution in [0.15, 0.2) is 48.8 Å². The summed E-state index contributed by atoms with van der Waals surface area (Å²) in [5, 5.41) is 3.57. The van der Waals surface area contributed by atoms with Crippen LogP contribution in [-0.4, -0.2) is 11.0 Å². The molecule has 0 aliphatic heterocycles. The van der Waals surface area contributed by atoms with E-state index >= 15 is 0 Å². The molecule has 0 radical (unpaired) electrons. The number of ether oxygens (including phenoxy) is 1. The Hall–Kier alpha value is -1.87. The molecule has 2 atom stereocenters. The molecule has 0 bridgehead atoms. The van der Waals surface area contributed by atoms with Crippen molar-refractivity contribution < 1.29 is 4.74 Å². The lowest BCUT2D eigenvalue weighted by Crippen LogP contribution is -2.17. The van der Waals surface area contributed by atoms with Crippen LogP contribution in [0.2, 0.25) is 0 Å². The molecule has 1 N–H and O–H groups in total. The quantitative estimate of drug-likeness (QED) is 0.874. The first kappa shape index (κ1) is 13.1. The molecule has 0 spiro atoms. The van der Waals surface area contributed by atoms with Crippen LogP contribution in [0.25, 0.3) is 0 Å². The Morgan fingerprint density at radius 3 is 2.85 bits per heavy atom. The van der Waals surface area contributed by atoms with Crippen molar-refractivity contribution in [2.24, 2.45) is 5.92 Å². The normalized spacial score (nSPS) is 20.6. The van der Waals surface area contributed by atoms with E-state index in [-0.39, 0.29) is 0 Å². The number of hydrogen-bond donors (Lipinski definition) is 1. The topological polar surface area (TPSA) is 34.1 Å². The van der Waals surface area contributed by atoms with Gasteiger partial charge in [-0.05, 0) is 24.5 Å². The molecule has 0 amide bonds. The lowest BCUT2D eigenvalue weighted by Gasteiger charge is -2.12. The van der Waals surface area contributed by atoms with Crippen molar-refractivity contribution in [1.82, 2.24) is 10.3 Å². The Labute approximate surface area is 120 Å². The van der Waals surface area contributed by atoms with Gasteiger partial charge in [0.2, 0.25) is 0 Å². The van der Waals surface area contributed by atoms with E-state index in [0.29, 0.717) is 12.6 Å². The SMILES string of the molecule is C[C@H]1C[C@@H]1NCc1ccccc1OCc1cccnc1. The highest BCUT2D eigenvalue weighted by molar-refractivity contribution is 5.33. The van der Waals surface area contributed by atoms with E-state index in [2.05, 4.69) is 29.4 Å². The van der Waals surface area contributed by atoms with Gasteiger partial charge in [0.05, 0.1) is 0 Å². The van der Waals surface area contributed by atoms with Crippen LogP contribution < -0.4 is 10.1 Å². The van der Waals surface area contributed by atoms with E-state index in [0.717, 1.165) is 23.8 Å². The molecule has 1 aliphatic rings. The van der Waals surface area contributed by atoms with Crippen molar-refractivity contribution in [3.8, 4) is 5.75 Å². The molecule has 1 saturated carbocycles. The highest BCUT2D eigenvalue weighted by atomic mass is 16.5. The third-order valence-electron chi connectivity index (χ3n) is 3.75. The minimum absolute atomic E-state index is 0.560. The molecule has 104 valence electrons. The van der Waals surface area contributed by atoms with E-state index in [1.807, 2.05) is 30.5 Å². The Balaban J connectivity index is 1.60. The van der Waals surface area contributed by atoms with Crippen LogP contribution in [0, 0.1) is 5.92 Å². The maximum Gasteiger partial charge on any atom is 0.124 e. The maximum absolute atomic E-state index is 5.92. The van der Waals surface area contributed by atoms with Gasteiger partial charge in [0, 0.05) is 36.1 Å². The van der Waals surface area contributed by atoms with Crippen LogP contribution >= 0.6 is 0 Å². The predicted molar refractivity (Wildman–Crippen MR) is 79.4 cm³/mol. The zero-order valence-electron chi connectivity index (χ0n) is 11.8. The summed E-state index contributed by atoms with van der Waals surface area (Å²) in [6.45, 7) is 3.71. The second-order valence-electron chi connectivity index (χ2n) is 5.46. The molecular weight excluding hydrogens is 248 g/mol. The van der Waals surface area contributed by atoms with Gasteiger partial charge in [-0.15, -0.1) is 0 Å². The number of benzene rings is 1. The number of pyridine rings is 1. The second kappa shape index (κ2) is 6.06. The zero-order valence-corrected chi connectivity index (χ0v) is 11.8. The number of aromatic nitrogens is 1. The smallest absolute Gasteiger partial charge is 0.124 e. The number of nitrogens with one attached hydrogen (secondary N) is 1. The van der Waals surface area contributed by atoms with Gasteiger partial charge in [-0.25, -0.2) is 0 Å². The first-order chi connectivity index (χ1) is 9.83. The van der Waals surface area contributed by atoms with Gasteiger partial charge in [0.1, 0.15) is 12.4 Å². The predicted octanol–water partition coefficient (Wildman–Crippen LogP) is 3.16.